The Balaban J connectivity index is 2.16. The maximum atomic E-state index is 12.4. The van der Waals surface area contributed by atoms with Crippen LogP contribution in [0.5, 0.6) is 11.5 Å². The second kappa shape index (κ2) is 9.19. The lowest BCUT2D eigenvalue weighted by molar-refractivity contribution is -0.137. The number of rotatable bonds is 9. The van der Waals surface area contributed by atoms with Crippen molar-refractivity contribution in [2.24, 2.45) is 0 Å². The molecule has 0 fully saturated rings. The predicted molar refractivity (Wildman–Crippen MR) is 97.9 cm³/mol. The molecule has 0 saturated heterocycles. The third-order valence-corrected chi connectivity index (χ3v) is 4.81. The summed E-state index contributed by atoms with van der Waals surface area (Å²) >= 11 is 1.51. The minimum absolute atomic E-state index is 0.111. The molecule has 0 spiro atoms. The van der Waals surface area contributed by atoms with Gasteiger partial charge in [0.15, 0.2) is 11.5 Å². The first-order valence-electron chi connectivity index (χ1n) is 8.13. The number of carboxylic acid groups (broad SMARTS) is 1. The van der Waals surface area contributed by atoms with Crippen LogP contribution in [-0.4, -0.2) is 36.2 Å². The van der Waals surface area contributed by atoms with Crippen LogP contribution < -0.4 is 14.8 Å². The molecule has 8 heteroatoms. The zero-order valence-corrected chi connectivity index (χ0v) is 15.8. The van der Waals surface area contributed by atoms with Crippen molar-refractivity contribution in [2.45, 2.75) is 32.2 Å². The minimum atomic E-state index is -1.01. The Bertz CT molecular complexity index is 775. The van der Waals surface area contributed by atoms with Crippen molar-refractivity contribution >= 4 is 23.2 Å². The zero-order chi connectivity index (χ0) is 19.1. The van der Waals surface area contributed by atoms with Crippen molar-refractivity contribution in [1.82, 2.24) is 10.3 Å². The fourth-order valence-corrected chi connectivity index (χ4v) is 3.24. The highest BCUT2D eigenvalue weighted by Crippen LogP contribution is 2.31. The van der Waals surface area contributed by atoms with E-state index in [1.54, 1.807) is 18.2 Å². The quantitative estimate of drug-likeness (QED) is 0.696. The summed E-state index contributed by atoms with van der Waals surface area (Å²) in [4.78, 5) is 27.9. The summed E-state index contributed by atoms with van der Waals surface area (Å²) in [6, 6.07) is 4.39. The number of aliphatic carboxylic acids is 1. The number of aryl methyl sites for hydroxylation is 1. The smallest absolute Gasteiger partial charge is 0.305 e. The number of methoxy groups -OCH3 is 2. The highest BCUT2D eigenvalue weighted by molar-refractivity contribution is 7.09. The number of carbonyl (C=O) groups is 2. The van der Waals surface area contributed by atoms with Gasteiger partial charge in [0.05, 0.1) is 43.8 Å². The number of nitrogens with zero attached hydrogens (tertiary/aromatic N) is 1. The molecule has 2 N–H and O–H groups in total. The van der Waals surface area contributed by atoms with E-state index in [0.29, 0.717) is 22.8 Å². The van der Waals surface area contributed by atoms with E-state index in [0.717, 1.165) is 11.4 Å². The highest BCUT2D eigenvalue weighted by Gasteiger charge is 2.20. The molecule has 1 atom stereocenters. The first-order chi connectivity index (χ1) is 12.5. The Labute approximate surface area is 156 Å². The lowest BCUT2D eigenvalue weighted by Gasteiger charge is -2.19. The van der Waals surface area contributed by atoms with Gasteiger partial charge in [-0.15, -0.1) is 11.3 Å². The van der Waals surface area contributed by atoms with E-state index in [1.807, 2.05) is 12.3 Å². The summed E-state index contributed by atoms with van der Waals surface area (Å²) in [6.45, 7) is 2.00. The number of aromatic nitrogens is 1. The van der Waals surface area contributed by atoms with E-state index < -0.39 is 12.0 Å². The number of ether oxygens (including phenoxy) is 2. The van der Waals surface area contributed by atoms with Crippen molar-refractivity contribution < 1.29 is 24.2 Å². The summed E-state index contributed by atoms with van der Waals surface area (Å²) < 4.78 is 10.4. The van der Waals surface area contributed by atoms with Crippen LogP contribution in [0, 0.1) is 0 Å². The third-order valence-electron chi connectivity index (χ3n) is 3.77. The van der Waals surface area contributed by atoms with E-state index in [9.17, 15) is 14.7 Å². The summed E-state index contributed by atoms with van der Waals surface area (Å²) in [6.07, 6.45) is 0.692. The maximum absolute atomic E-state index is 12.4. The fourth-order valence-electron chi connectivity index (χ4n) is 2.50. The topological polar surface area (TPSA) is 97.8 Å². The lowest BCUT2D eigenvalue weighted by Crippen LogP contribution is -2.31. The number of hydrogen-bond donors (Lipinski definition) is 2. The molecule has 0 bridgehead atoms. The molecule has 1 aromatic heterocycles. The van der Waals surface area contributed by atoms with E-state index in [1.165, 1.54) is 25.6 Å². The van der Waals surface area contributed by atoms with Crippen molar-refractivity contribution in [1.29, 1.82) is 0 Å². The maximum Gasteiger partial charge on any atom is 0.305 e. The predicted octanol–water partition coefficient (Wildman–Crippen LogP) is 2.60. The molecule has 0 aliphatic rings. The molecule has 2 rings (SSSR count). The molecule has 1 amide bonds. The van der Waals surface area contributed by atoms with Gasteiger partial charge in [-0.25, -0.2) is 4.98 Å². The minimum Gasteiger partial charge on any atom is -0.493 e. The molecule has 140 valence electrons. The van der Waals surface area contributed by atoms with Gasteiger partial charge in [0.2, 0.25) is 5.91 Å². The van der Waals surface area contributed by atoms with Crippen LogP contribution in [0.15, 0.2) is 23.6 Å². The van der Waals surface area contributed by atoms with Crippen LogP contribution >= 0.6 is 11.3 Å². The van der Waals surface area contributed by atoms with Crippen LogP contribution in [0.1, 0.15) is 35.7 Å². The number of benzene rings is 1. The van der Waals surface area contributed by atoms with Gasteiger partial charge in [-0.2, -0.15) is 0 Å². The molecule has 0 saturated carbocycles. The molecule has 26 heavy (non-hydrogen) atoms. The van der Waals surface area contributed by atoms with Crippen molar-refractivity contribution in [2.75, 3.05) is 14.2 Å². The third kappa shape index (κ3) is 5.19. The molecule has 7 nitrogen and oxygen atoms in total. The molecule has 1 heterocycles. The number of nitrogens with one attached hydrogen (secondary N) is 1. The fraction of sp³-hybridized carbons (Fsp3) is 0.389. The second-order valence-corrected chi connectivity index (χ2v) is 6.54. The summed E-state index contributed by atoms with van der Waals surface area (Å²) in [5.41, 5.74) is 1.32. The Morgan fingerprint density at radius 3 is 2.58 bits per heavy atom. The van der Waals surface area contributed by atoms with Crippen LogP contribution in [0.2, 0.25) is 0 Å². The Kier molecular flexibility index (Phi) is 6.97. The molecular weight excluding hydrogens is 356 g/mol. The van der Waals surface area contributed by atoms with Crippen molar-refractivity contribution in [3.8, 4) is 11.5 Å². The molecule has 0 aliphatic carbocycles. The zero-order valence-electron chi connectivity index (χ0n) is 14.9. The van der Waals surface area contributed by atoms with Gasteiger partial charge in [-0.1, -0.05) is 13.0 Å². The van der Waals surface area contributed by atoms with Crippen LogP contribution in [0.4, 0.5) is 0 Å². The standard InChI is InChI=1S/C18H22N2O5S/c1-4-17-19-12(10-26-17)8-16(21)20-13(9-18(22)23)11-5-6-14(24-2)15(7-11)25-3/h5-7,10,13H,4,8-9H2,1-3H3,(H,20,21)(H,22,23). The monoisotopic (exact) mass is 378 g/mol. The van der Waals surface area contributed by atoms with Crippen LogP contribution in [0.25, 0.3) is 0 Å². The number of amides is 1. The SMILES string of the molecule is CCc1nc(CC(=O)NC(CC(=O)O)c2ccc(OC)c(OC)c2)cs1. The normalized spacial score (nSPS) is 11.7. The number of carbonyl (C=O) groups excluding carboxylic acids is 1. The number of thiazole rings is 1. The average Bonchev–Trinajstić information content (AvgIpc) is 3.07. The number of carboxylic acids is 1. The van der Waals surface area contributed by atoms with Gasteiger partial charge in [-0.05, 0) is 24.1 Å². The van der Waals surface area contributed by atoms with E-state index in [4.69, 9.17) is 9.47 Å². The molecule has 0 aliphatic heterocycles. The lowest BCUT2D eigenvalue weighted by atomic mass is 10.0. The van der Waals surface area contributed by atoms with Gasteiger partial charge in [0.1, 0.15) is 0 Å². The largest absolute Gasteiger partial charge is 0.493 e. The van der Waals surface area contributed by atoms with Crippen molar-refractivity contribution in [3.63, 3.8) is 0 Å². The molecular formula is C18H22N2O5S. The van der Waals surface area contributed by atoms with Crippen LogP contribution in [-0.2, 0) is 22.4 Å². The molecule has 1 aromatic carbocycles. The van der Waals surface area contributed by atoms with Gasteiger partial charge in [-0.3, -0.25) is 9.59 Å². The van der Waals surface area contributed by atoms with E-state index >= 15 is 0 Å². The van der Waals surface area contributed by atoms with Gasteiger partial charge < -0.3 is 19.9 Å². The van der Waals surface area contributed by atoms with Gasteiger partial charge in [0, 0.05) is 5.38 Å². The Morgan fingerprint density at radius 1 is 1.27 bits per heavy atom. The first-order valence-corrected chi connectivity index (χ1v) is 9.01. The number of hydrogen-bond acceptors (Lipinski definition) is 6. The Morgan fingerprint density at radius 2 is 2.00 bits per heavy atom. The second-order valence-electron chi connectivity index (χ2n) is 5.60. The van der Waals surface area contributed by atoms with Gasteiger partial charge >= 0.3 is 5.97 Å². The summed E-state index contributed by atoms with van der Waals surface area (Å²) in [5, 5.41) is 14.8. The molecule has 2 aromatic rings. The van der Waals surface area contributed by atoms with E-state index in [2.05, 4.69) is 10.3 Å². The first kappa shape index (κ1) is 19.7. The summed E-state index contributed by atoms with van der Waals surface area (Å²) in [5.74, 6) is -0.279. The molecule has 0 radical (unpaired) electrons. The van der Waals surface area contributed by atoms with Gasteiger partial charge in [0.25, 0.3) is 0 Å². The molecule has 1 unspecified atom stereocenters. The average molecular weight is 378 g/mol. The Hall–Kier alpha value is -2.61. The van der Waals surface area contributed by atoms with E-state index in [-0.39, 0.29) is 18.7 Å². The van der Waals surface area contributed by atoms with Crippen molar-refractivity contribution in [3.05, 3.63) is 39.8 Å². The van der Waals surface area contributed by atoms with Crippen LogP contribution in [0.3, 0.4) is 0 Å². The summed E-state index contributed by atoms with van der Waals surface area (Å²) in [7, 11) is 3.02. The highest BCUT2D eigenvalue weighted by atomic mass is 32.1.